The van der Waals surface area contributed by atoms with Gasteiger partial charge in [-0.3, -0.25) is 9.59 Å². The number of hydrogen-bond acceptors (Lipinski definition) is 4. The highest BCUT2D eigenvalue weighted by Crippen LogP contribution is 2.23. The SMILES string of the molecule is Cn1ccc(C(=O)Nc2ccc(Oc3cccc(Br)c3)nc2)cc1=O. The average Bonchev–Trinajstić information content (AvgIpc) is 2.59. The van der Waals surface area contributed by atoms with E-state index in [2.05, 4.69) is 26.2 Å². The molecule has 0 atom stereocenters. The predicted molar refractivity (Wildman–Crippen MR) is 98.1 cm³/mol. The lowest BCUT2D eigenvalue weighted by molar-refractivity contribution is 0.102. The minimum absolute atomic E-state index is 0.247. The van der Waals surface area contributed by atoms with Crippen molar-refractivity contribution in [3.63, 3.8) is 0 Å². The van der Waals surface area contributed by atoms with Crippen molar-refractivity contribution >= 4 is 27.5 Å². The third-order valence-corrected chi connectivity index (χ3v) is 3.87. The van der Waals surface area contributed by atoms with E-state index < -0.39 is 0 Å². The first-order valence-corrected chi connectivity index (χ1v) is 8.18. The number of nitrogens with one attached hydrogen (secondary N) is 1. The van der Waals surface area contributed by atoms with Gasteiger partial charge >= 0.3 is 0 Å². The zero-order valence-corrected chi connectivity index (χ0v) is 14.9. The van der Waals surface area contributed by atoms with Gasteiger partial charge in [-0.2, -0.15) is 0 Å². The lowest BCUT2D eigenvalue weighted by Crippen LogP contribution is -2.20. The van der Waals surface area contributed by atoms with Crippen LogP contribution in [-0.2, 0) is 7.05 Å². The minimum Gasteiger partial charge on any atom is -0.439 e. The van der Waals surface area contributed by atoms with Gasteiger partial charge in [0.05, 0.1) is 11.9 Å². The summed E-state index contributed by atoms with van der Waals surface area (Å²) >= 11 is 3.37. The van der Waals surface area contributed by atoms with Crippen molar-refractivity contribution in [2.24, 2.45) is 7.05 Å². The van der Waals surface area contributed by atoms with E-state index in [4.69, 9.17) is 4.74 Å². The van der Waals surface area contributed by atoms with E-state index in [0.717, 1.165) is 4.47 Å². The molecule has 1 amide bonds. The molecule has 25 heavy (non-hydrogen) atoms. The van der Waals surface area contributed by atoms with Crippen LogP contribution >= 0.6 is 15.9 Å². The molecule has 0 bridgehead atoms. The van der Waals surface area contributed by atoms with Gasteiger partial charge in [0.2, 0.25) is 5.88 Å². The van der Waals surface area contributed by atoms with Gasteiger partial charge in [-0.05, 0) is 30.3 Å². The molecule has 0 aliphatic heterocycles. The molecule has 7 heteroatoms. The molecule has 1 N–H and O–H groups in total. The summed E-state index contributed by atoms with van der Waals surface area (Å²) < 4.78 is 7.94. The summed E-state index contributed by atoms with van der Waals surface area (Å²) in [6.07, 6.45) is 3.04. The first-order valence-electron chi connectivity index (χ1n) is 7.39. The van der Waals surface area contributed by atoms with Gasteiger partial charge in [0.25, 0.3) is 11.5 Å². The number of amides is 1. The highest BCUT2D eigenvalue weighted by atomic mass is 79.9. The summed E-state index contributed by atoms with van der Waals surface area (Å²) in [6.45, 7) is 0. The summed E-state index contributed by atoms with van der Waals surface area (Å²) in [4.78, 5) is 27.9. The maximum atomic E-state index is 12.2. The first-order chi connectivity index (χ1) is 12.0. The molecule has 3 rings (SSSR count). The van der Waals surface area contributed by atoms with Gasteiger partial charge in [-0.15, -0.1) is 0 Å². The monoisotopic (exact) mass is 399 g/mol. The number of aromatic nitrogens is 2. The molecule has 0 aliphatic rings. The van der Waals surface area contributed by atoms with Crippen LogP contribution in [0, 0.1) is 0 Å². The number of aryl methyl sites for hydroxylation is 1. The van der Waals surface area contributed by atoms with Crippen LogP contribution < -0.4 is 15.6 Å². The van der Waals surface area contributed by atoms with E-state index in [0.29, 0.717) is 17.3 Å². The standard InChI is InChI=1S/C18H14BrN3O3/c1-22-8-7-12(9-17(22)23)18(24)21-14-5-6-16(20-11-14)25-15-4-2-3-13(19)10-15/h2-11H,1H3,(H,21,24). The topological polar surface area (TPSA) is 73.2 Å². The van der Waals surface area contributed by atoms with Crippen molar-refractivity contribution in [1.82, 2.24) is 9.55 Å². The van der Waals surface area contributed by atoms with E-state index in [1.54, 1.807) is 31.4 Å². The lowest BCUT2D eigenvalue weighted by atomic mass is 10.2. The molecule has 2 heterocycles. The number of nitrogens with zero attached hydrogens (tertiary/aromatic N) is 2. The first kappa shape index (κ1) is 16.9. The van der Waals surface area contributed by atoms with Crippen LogP contribution in [0.15, 0.2) is 70.2 Å². The van der Waals surface area contributed by atoms with Gasteiger partial charge < -0.3 is 14.6 Å². The molecule has 1 aromatic carbocycles. The third kappa shape index (κ3) is 4.33. The second-order valence-corrected chi connectivity index (χ2v) is 6.18. The van der Waals surface area contributed by atoms with Crippen LogP contribution in [0.3, 0.4) is 0 Å². The van der Waals surface area contributed by atoms with Gasteiger partial charge in [0.15, 0.2) is 0 Å². The summed E-state index contributed by atoms with van der Waals surface area (Å²) in [5.74, 6) is 0.684. The van der Waals surface area contributed by atoms with E-state index in [-0.39, 0.29) is 17.0 Å². The van der Waals surface area contributed by atoms with Crippen molar-refractivity contribution < 1.29 is 9.53 Å². The largest absolute Gasteiger partial charge is 0.439 e. The van der Waals surface area contributed by atoms with E-state index in [9.17, 15) is 9.59 Å². The Kier molecular flexibility index (Phi) is 4.95. The summed E-state index contributed by atoms with van der Waals surface area (Å²) in [6, 6.07) is 13.6. The number of anilines is 1. The van der Waals surface area contributed by atoms with Crippen molar-refractivity contribution in [2.45, 2.75) is 0 Å². The molecular weight excluding hydrogens is 386 g/mol. The van der Waals surface area contributed by atoms with Crippen LogP contribution in [0.2, 0.25) is 0 Å². The van der Waals surface area contributed by atoms with Crippen molar-refractivity contribution in [1.29, 1.82) is 0 Å². The van der Waals surface area contributed by atoms with Crippen LogP contribution in [0.1, 0.15) is 10.4 Å². The Morgan fingerprint density at radius 2 is 2.04 bits per heavy atom. The fourth-order valence-electron chi connectivity index (χ4n) is 2.06. The van der Waals surface area contributed by atoms with E-state index in [1.807, 2.05) is 24.3 Å². The van der Waals surface area contributed by atoms with Crippen molar-refractivity contribution in [3.05, 3.63) is 81.3 Å². The number of carbonyl (C=O) groups excluding carboxylic acids is 1. The van der Waals surface area contributed by atoms with Crippen LogP contribution in [0.4, 0.5) is 5.69 Å². The number of pyridine rings is 2. The van der Waals surface area contributed by atoms with Gasteiger partial charge in [-0.25, -0.2) is 4.98 Å². The van der Waals surface area contributed by atoms with Gasteiger partial charge in [0.1, 0.15) is 5.75 Å². The third-order valence-electron chi connectivity index (χ3n) is 3.38. The summed E-state index contributed by atoms with van der Waals surface area (Å²) in [5, 5.41) is 2.69. The molecule has 0 radical (unpaired) electrons. The Morgan fingerprint density at radius 3 is 2.72 bits per heavy atom. The Hall–Kier alpha value is -2.93. The zero-order valence-electron chi connectivity index (χ0n) is 13.3. The molecule has 0 saturated carbocycles. The second kappa shape index (κ2) is 7.31. The summed E-state index contributed by atoms with van der Waals surface area (Å²) in [7, 11) is 1.62. The van der Waals surface area contributed by atoms with Crippen LogP contribution in [-0.4, -0.2) is 15.5 Å². The smallest absolute Gasteiger partial charge is 0.255 e. The fraction of sp³-hybridized carbons (Fsp3) is 0.0556. The molecule has 6 nitrogen and oxygen atoms in total. The van der Waals surface area contributed by atoms with Crippen LogP contribution in [0.25, 0.3) is 0 Å². The van der Waals surface area contributed by atoms with Gasteiger partial charge in [-0.1, -0.05) is 22.0 Å². The quantitative estimate of drug-likeness (QED) is 0.727. The Labute approximate surface area is 152 Å². The number of halogens is 1. The number of carbonyl (C=O) groups is 1. The molecule has 126 valence electrons. The number of ether oxygens (including phenoxy) is 1. The minimum atomic E-state index is -0.375. The maximum Gasteiger partial charge on any atom is 0.255 e. The fourth-order valence-corrected chi connectivity index (χ4v) is 2.44. The molecule has 0 fully saturated rings. The number of benzene rings is 1. The molecule has 0 aliphatic carbocycles. The van der Waals surface area contributed by atoms with Crippen molar-refractivity contribution in [2.75, 3.05) is 5.32 Å². The van der Waals surface area contributed by atoms with E-state index >= 15 is 0 Å². The number of hydrogen-bond donors (Lipinski definition) is 1. The normalized spacial score (nSPS) is 10.3. The molecule has 0 unspecified atom stereocenters. The number of rotatable bonds is 4. The Bertz CT molecular complexity index is 968. The predicted octanol–water partition coefficient (Wildman–Crippen LogP) is 3.59. The Morgan fingerprint density at radius 1 is 1.20 bits per heavy atom. The highest BCUT2D eigenvalue weighted by molar-refractivity contribution is 9.10. The molecule has 3 aromatic rings. The lowest BCUT2D eigenvalue weighted by Gasteiger charge is -2.08. The molecule has 0 saturated heterocycles. The Balaban J connectivity index is 1.68. The van der Waals surface area contributed by atoms with E-state index in [1.165, 1.54) is 16.8 Å². The summed E-state index contributed by atoms with van der Waals surface area (Å²) in [5.41, 5.74) is 0.549. The molecule has 0 spiro atoms. The van der Waals surface area contributed by atoms with Crippen molar-refractivity contribution in [3.8, 4) is 11.6 Å². The highest BCUT2D eigenvalue weighted by Gasteiger charge is 2.08. The molecular formula is C18H14BrN3O3. The molecule has 2 aromatic heterocycles. The van der Waals surface area contributed by atoms with Crippen LogP contribution in [0.5, 0.6) is 11.6 Å². The van der Waals surface area contributed by atoms with Gasteiger partial charge in [0, 0.05) is 35.4 Å². The maximum absolute atomic E-state index is 12.2. The zero-order chi connectivity index (χ0) is 17.8. The average molecular weight is 400 g/mol. The second-order valence-electron chi connectivity index (χ2n) is 5.26.